The first-order chi connectivity index (χ1) is 8.76. The molecular formula is C14H15FN2O. The Labute approximate surface area is 106 Å². The number of nitrogens with one attached hydrogen (secondary N) is 1. The van der Waals surface area contributed by atoms with E-state index in [0.717, 1.165) is 11.3 Å². The van der Waals surface area contributed by atoms with Gasteiger partial charge in [0.15, 0.2) is 0 Å². The van der Waals surface area contributed by atoms with Crippen LogP contribution in [0.15, 0.2) is 36.5 Å². The Hall–Kier alpha value is -1.94. The number of rotatable bonds is 4. The van der Waals surface area contributed by atoms with Gasteiger partial charge in [-0.05, 0) is 37.4 Å². The Balaban J connectivity index is 2.47. The molecule has 0 saturated heterocycles. The lowest BCUT2D eigenvalue weighted by molar-refractivity contribution is 0.415. The average Bonchev–Trinajstić information content (AvgIpc) is 2.41. The topological polar surface area (TPSA) is 34.2 Å². The second-order valence-corrected chi connectivity index (χ2v) is 3.89. The molecule has 1 N–H and O–H groups in total. The Kier molecular flexibility index (Phi) is 3.89. The third-order valence-electron chi connectivity index (χ3n) is 2.68. The summed E-state index contributed by atoms with van der Waals surface area (Å²) in [6.07, 6.45) is 1.69. The molecule has 0 atom stereocenters. The van der Waals surface area contributed by atoms with Crippen LogP contribution >= 0.6 is 0 Å². The summed E-state index contributed by atoms with van der Waals surface area (Å²) in [6, 6.07) is 8.59. The van der Waals surface area contributed by atoms with Crippen molar-refractivity contribution in [3.8, 4) is 17.0 Å². The molecule has 2 aromatic rings. The molecule has 0 aliphatic carbocycles. The normalized spacial score (nSPS) is 10.4. The quantitative estimate of drug-likeness (QED) is 0.900. The summed E-state index contributed by atoms with van der Waals surface area (Å²) < 4.78 is 18.8. The summed E-state index contributed by atoms with van der Waals surface area (Å²) in [7, 11) is 3.38. The summed E-state index contributed by atoms with van der Waals surface area (Å²) in [5.41, 5.74) is 2.18. The number of nitrogens with zero attached hydrogens (tertiary/aromatic N) is 1. The molecule has 2 rings (SSSR count). The predicted octanol–water partition coefficient (Wildman–Crippen LogP) is 2.62. The molecule has 0 amide bonds. The van der Waals surface area contributed by atoms with Gasteiger partial charge >= 0.3 is 0 Å². The van der Waals surface area contributed by atoms with E-state index in [1.165, 1.54) is 6.07 Å². The first-order valence-electron chi connectivity index (χ1n) is 5.68. The monoisotopic (exact) mass is 246 g/mol. The van der Waals surface area contributed by atoms with E-state index in [4.69, 9.17) is 4.74 Å². The molecule has 0 spiro atoms. The third kappa shape index (κ3) is 2.49. The molecule has 0 saturated carbocycles. The molecule has 94 valence electrons. The fourth-order valence-corrected chi connectivity index (χ4v) is 1.82. The van der Waals surface area contributed by atoms with Gasteiger partial charge in [0.1, 0.15) is 17.3 Å². The van der Waals surface area contributed by atoms with Crippen LogP contribution in [0.4, 0.5) is 4.39 Å². The maximum Gasteiger partial charge on any atom is 0.145 e. The van der Waals surface area contributed by atoms with Crippen LogP contribution in [-0.4, -0.2) is 19.1 Å². The van der Waals surface area contributed by atoms with Crippen molar-refractivity contribution in [2.24, 2.45) is 0 Å². The second kappa shape index (κ2) is 5.60. The van der Waals surface area contributed by atoms with Crippen molar-refractivity contribution in [3.05, 3.63) is 47.9 Å². The Morgan fingerprint density at radius 3 is 2.89 bits per heavy atom. The molecule has 1 heterocycles. The van der Waals surface area contributed by atoms with E-state index in [1.54, 1.807) is 38.6 Å². The number of ether oxygens (including phenoxy) is 1. The third-order valence-corrected chi connectivity index (χ3v) is 2.68. The highest BCUT2D eigenvalue weighted by molar-refractivity contribution is 5.66. The molecule has 0 aliphatic heterocycles. The van der Waals surface area contributed by atoms with Gasteiger partial charge in [-0.3, -0.25) is 4.98 Å². The van der Waals surface area contributed by atoms with Gasteiger partial charge in [-0.15, -0.1) is 0 Å². The standard InChI is InChI=1S/C14H15FN2O/c1-16-9-11-8-10(5-6-12(11)15)14-13(18-2)4-3-7-17-14/h3-8,16H,9H2,1-2H3. The van der Waals surface area contributed by atoms with Crippen molar-refractivity contribution in [2.45, 2.75) is 6.54 Å². The minimum atomic E-state index is -0.219. The number of aromatic nitrogens is 1. The van der Waals surface area contributed by atoms with E-state index in [0.29, 0.717) is 17.9 Å². The van der Waals surface area contributed by atoms with Crippen LogP contribution in [0.5, 0.6) is 5.75 Å². The van der Waals surface area contributed by atoms with Gasteiger partial charge in [0, 0.05) is 23.9 Å². The summed E-state index contributed by atoms with van der Waals surface area (Å²) in [5.74, 6) is 0.461. The van der Waals surface area contributed by atoms with Gasteiger partial charge in [0.25, 0.3) is 0 Å². The lowest BCUT2D eigenvalue weighted by atomic mass is 10.1. The number of benzene rings is 1. The average molecular weight is 246 g/mol. The second-order valence-electron chi connectivity index (χ2n) is 3.89. The largest absolute Gasteiger partial charge is 0.494 e. The van der Waals surface area contributed by atoms with E-state index in [1.807, 2.05) is 6.07 Å². The fraction of sp³-hybridized carbons (Fsp3) is 0.214. The minimum Gasteiger partial charge on any atom is -0.494 e. The Morgan fingerprint density at radius 1 is 1.33 bits per heavy atom. The molecule has 0 aliphatic rings. The predicted molar refractivity (Wildman–Crippen MR) is 68.9 cm³/mol. The highest BCUT2D eigenvalue weighted by Crippen LogP contribution is 2.28. The SMILES string of the molecule is CNCc1cc(-c2ncccc2OC)ccc1F. The Morgan fingerprint density at radius 2 is 2.17 bits per heavy atom. The maximum absolute atomic E-state index is 13.6. The zero-order valence-corrected chi connectivity index (χ0v) is 10.4. The fourth-order valence-electron chi connectivity index (χ4n) is 1.82. The molecule has 0 bridgehead atoms. The van der Waals surface area contributed by atoms with Crippen LogP contribution < -0.4 is 10.1 Å². The van der Waals surface area contributed by atoms with Crippen molar-refractivity contribution >= 4 is 0 Å². The smallest absolute Gasteiger partial charge is 0.145 e. The Bertz CT molecular complexity index is 543. The maximum atomic E-state index is 13.6. The zero-order chi connectivity index (χ0) is 13.0. The zero-order valence-electron chi connectivity index (χ0n) is 10.4. The van der Waals surface area contributed by atoms with E-state index in [-0.39, 0.29) is 5.82 Å². The summed E-state index contributed by atoms with van der Waals surface area (Å²) in [4.78, 5) is 4.28. The number of halogens is 1. The van der Waals surface area contributed by atoms with Gasteiger partial charge < -0.3 is 10.1 Å². The summed E-state index contributed by atoms with van der Waals surface area (Å²) in [6.45, 7) is 0.481. The number of pyridine rings is 1. The van der Waals surface area contributed by atoms with E-state index < -0.39 is 0 Å². The van der Waals surface area contributed by atoms with E-state index >= 15 is 0 Å². The van der Waals surface area contributed by atoms with Gasteiger partial charge in [0.2, 0.25) is 0 Å². The van der Waals surface area contributed by atoms with Crippen LogP contribution in [0, 0.1) is 5.82 Å². The molecule has 1 aromatic carbocycles. The van der Waals surface area contributed by atoms with Gasteiger partial charge in [-0.2, -0.15) is 0 Å². The van der Waals surface area contributed by atoms with Crippen LogP contribution in [-0.2, 0) is 6.54 Å². The van der Waals surface area contributed by atoms with Crippen molar-refractivity contribution in [3.63, 3.8) is 0 Å². The highest BCUT2D eigenvalue weighted by Gasteiger charge is 2.09. The molecule has 4 heteroatoms. The number of hydrogen-bond acceptors (Lipinski definition) is 3. The van der Waals surface area contributed by atoms with E-state index in [2.05, 4.69) is 10.3 Å². The first-order valence-corrected chi connectivity index (χ1v) is 5.68. The van der Waals surface area contributed by atoms with Crippen LogP contribution in [0.2, 0.25) is 0 Å². The van der Waals surface area contributed by atoms with Gasteiger partial charge in [-0.25, -0.2) is 4.39 Å². The van der Waals surface area contributed by atoms with Crippen molar-refractivity contribution in [2.75, 3.05) is 14.2 Å². The molecule has 18 heavy (non-hydrogen) atoms. The minimum absolute atomic E-state index is 0.219. The van der Waals surface area contributed by atoms with Crippen LogP contribution in [0.1, 0.15) is 5.56 Å². The molecule has 1 aromatic heterocycles. The first kappa shape index (κ1) is 12.5. The molecule has 0 radical (unpaired) electrons. The van der Waals surface area contributed by atoms with E-state index in [9.17, 15) is 4.39 Å². The summed E-state index contributed by atoms with van der Waals surface area (Å²) in [5, 5.41) is 2.94. The number of methoxy groups -OCH3 is 1. The lowest BCUT2D eigenvalue weighted by Gasteiger charge is -2.09. The lowest BCUT2D eigenvalue weighted by Crippen LogP contribution is -2.07. The van der Waals surface area contributed by atoms with Gasteiger partial charge in [-0.1, -0.05) is 0 Å². The van der Waals surface area contributed by atoms with Crippen molar-refractivity contribution in [1.29, 1.82) is 0 Å². The number of hydrogen-bond donors (Lipinski definition) is 1. The highest BCUT2D eigenvalue weighted by atomic mass is 19.1. The molecule has 3 nitrogen and oxygen atoms in total. The molecular weight excluding hydrogens is 231 g/mol. The van der Waals surface area contributed by atoms with Crippen LogP contribution in [0.3, 0.4) is 0 Å². The van der Waals surface area contributed by atoms with Gasteiger partial charge in [0.05, 0.1) is 7.11 Å². The van der Waals surface area contributed by atoms with Crippen molar-refractivity contribution in [1.82, 2.24) is 10.3 Å². The molecule has 0 fully saturated rings. The molecule has 0 unspecified atom stereocenters. The van der Waals surface area contributed by atoms with Crippen LogP contribution in [0.25, 0.3) is 11.3 Å². The summed E-state index contributed by atoms with van der Waals surface area (Å²) >= 11 is 0. The van der Waals surface area contributed by atoms with Crippen molar-refractivity contribution < 1.29 is 9.13 Å².